The molecule has 0 radical (unpaired) electrons. The SMILES string of the molecule is Cc1nnc2n(c1=O)CCS2. The van der Waals surface area contributed by atoms with E-state index in [1.54, 1.807) is 23.3 Å². The molecule has 2 rings (SSSR count). The highest BCUT2D eigenvalue weighted by Crippen LogP contribution is 2.19. The van der Waals surface area contributed by atoms with Crippen molar-refractivity contribution in [2.75, 3.05) is 5.75 Å². The summed E-state index contributed by atoms with van der Waals surface area (Å²) in [6.07, 6.45) is 0. The zero-order chi connectivity index (χ0) is 7.84. The van der Waals surface area contributed by atoms with Crippen molar-refractivity contribution in [1.82, 2.24) is 14.8 Å². The maximum atomic E-state index is 11.3. The van der Waals surface area contributed by atoms with E-state index in [1.807, 2.05) is 0 Å². The summed E-state index contributed by atoms with van der Waals surface area (Å²) < 4.78 is 1.67. The van der Waals surface area contributed by atoms with E-state index in [0.29, 0.717) is 5.69 Å². The quantitative estimate of drug-likeness (QED) is 0.550. The number of aryl methyl sites for hydroxylation is 1. The third-order valence-corrected chi connectivity index (χ3v) is 2.56. The van der Waals surface area contributed by atoms with Crippen LogP contribution in [0.5, 0.6) is 0 Å². The lowest BCUT2D eigenvalue weighted by molar-refractivity contribution is 0.611. The van der Waals surface area contributed by atoms with Crippen molar-refractivity contribution in [2.24, 2.45) is 0 Å². The summed E-state index contributed by atoms with van der Waals surface area (Å²) in [6.45, 7) is 2.46. The van der Waals surface area contributed by atoms with Crippen LogP contribution in [0.2, 0.25) is 0 Å². The first-order valence-corrected chi connectivity index (χ1v) is 4.34. The molecule has 0 unspecified atom stereocenters. The molecule has 0 aliphatic carbocycles. The predicted octanol–water partition coefficient (Wildman–Crippen LogP) is 0.0524. The molecule has 5 heteroatoms. The Hall–Kier alpha value is -0.840. The topological polar surface area (TPSA) is 47.8 Å². The Kier molecular flexibility index (Phi) is 1.45. The smallest absolute Gasteiger partial charge is 0.275 e. The molecule has 1 aliphatic heterocycles. The van der Waals surface area contributed by atoms with Gasteiger partial charge in [-0.15, -0.1) is 10.2 Å². The zero-order valence-corrected chi connectivity index (χ0v) is 6.89. The van der Waals surface area contributed by atoms with Gasteiger partial charge in [-0.2, -0.15) is 0 Å². The van der Waals surface area contributed by atoms with Gasteiger partial charge in [0.25, 0.3) is 5.56 Å². The van der Waals surface area contributed by atoms with Gasteiger partial charge in [0.1, 0.15) is 5.69 Å². The molecule has 0 saturated heterocycles. The van der Waals surface area contributed by atoms with E-state index in [4.69, 9.17) is 0 Å². The first-order valence-electron chi connectivity index (χ1n) is 3.36. The number of hydrogen-bond acceptors (Lipinski definition) is 4. The molecule has 1 aromatic heterocycles. The summed E-state index contributed by atoms with van der Waals surface area (Å²) in [7, 11) is 0. The van der Waals surface area contributed by atoms with E-state index < -0.39 is 0 Å². The molecule has 4 nitrogen and oxygen atoms in total. The van der Waals surface area contributed by atoms with Crippen LogP contribution in [0, 0.1) is 6.92 Å². The lowest BCUT2D eigenvalue weighted by Crippen LogP contribution is -2.23. The maximum absolute atomic E-state index is 11.3. The number of fused-ring (bicyclic) bond motifs is 1. The van der Waals surface area contributed by atoms with Crippen LogP contribution in [0.1, 0.15) is 5.69 Å². The fraction of sp³-hybridized carbons (Fsp3) is 0.500. The second kappa shape index (κ2) is 2.34. The van der Waals surface area contributed by atoms with Crippen LogP contribution >= 0.6 is 11.8 Å². The molecule has 0 fully saturated rings. The summed E-state index contributed by atoms with van der Waals surface area (Å²) in [5.74, 6) is 0.938. The van der Waals surface area contributed by atoms with Gasteiger partial charge in [-0.3, -0.25) is 9.36 Å². The van der Waals surface area contributed by atoms with Crippen molar-refractivity contribution in [2.45, 2.75) is 18.6 Å². The molecule has 1 aromatic rings. The van der Waals surface area contributed by atoms with E-state index >= 15 is 0 Å². The van der Waals surface area contributed by atoms with Crippen LogP contribution in [-0.2, 0) is 6.54 Å². The fourth-order valence-corrected chi connectivity index (χ4v) is 1.91. The van der Waals surface area contributed by atoms with Crippen molar-refractivity contribution in [3.8, 4) is 0 Å². The minimum absolute atomic E-state index is 0.000000000000000222. The standard InChI is InChI=1S/C6H7N3OS/c1-4-5(10)9-2-3-11-6(9)8-7-4/h2-3H2,1H3. The average Bonchev–Trinajstić information content (AvgIpc) is 2.45. The van der Waals surface area contributed by atoms with Crippen molar-refractivity contribution >= 4 is 11.8 Å². The van der Waals surface area contributed by atoms with Gasteiger partial charge in [0.05, 0.1) is 0 Å². The Morgan fingerprint density at radius 1 is 1.55 bits per heavy atom. The Bertz CT molecular complexity index is 346. The average molecular weight is 169 g/mol. The molecule has 0 amide bonds. The molecule has 0 aromatic carbocycles. The Morgan fingerprint density at radius 2 is 2.36 bits per heavy atom. The molecular formula is C6H7N3OS. The summed E-state index contributed by atoms with van der Waals surface area (Å²) in [5.41, 5.74) is 0.483. The van der Waals surface area contributed by atoms with E-state index in [9.17, 15) is 4.79 Å². The normalized spacial score (nSPS) is 15.0. The van der Waals surface area contributed by atoms with Crippen LogP contribution in [0.4, 0.5) is 0 Å². The number of rotatable bonds is 0. The van der Waals surface area contributed by atoms with Crippen molar-refractivity contribution in [3.63, 3.8) is 0 Å². The van der Waals surface area contributed by atoms with E-state index in [0.717, 1.165) is 17.5 Å². The van der Waals surface area contributed by atoms with Gasteiger partial charge in [-0.25, -0.2) is 0 Å². The molecule has 0 N–H and O–H groups in total. The Balaban J connectivity index is 2.72. The minimum Gasteiger partial charge on any atom is -0.284 e. The van der Waals surface area contributed by atoms with Crippen LogP contribution in [0.25, 0.3) is 0 Å². The molecule has 0 saturated carbocycles. The largest absolute Gasteiger partial charge is 0.284 e. The van der Waals surface area contributed by atoms with Gasteiger partial charge < -0.3 is 0 Å². The van der Waals surface area contributed by atoms with Crippen molar-refractivity contribution in [3.05, 3.63) is 16.0 Å². The number of aromatic nitrogens is 3. The highest BCUT2D eigenvalue weighted by Gasteiger charge is 2.14. The predicted molar refractivity (Wildman–Crippen MR) is 41.8 cm³/mol. The van der Waals surface area contributed by atoms with E-state index in [-0.39, 0.29) is 5.56 Å². The van der Waals surface area contributed by atoms with Crippen LogP contribution in [0.15, 0.2) is 9.95 Å². The van der Waals surface area contributed by atoms with E-state index in [1.165, 1.54) is 0 Å². The molecule has 0 atom stereocenters. The van der Waals surface area contributed by atoms with Gasteiger partial charge in [0, 0.05) is 12.3 Å². The summed E-state index contributed by atoms with van der Waals surface area (Å²) >= 11 is 1.58. The maximum Gasteiger partial charge on any atom is 0.275 e. The fourth-order valence-electron chi connectivity index (χ4n) is 1.03. The lowest BCUT2D eigenvalue weighted by Gasteiger charge is -1.98. The second-order valence-corrected chi connectivity index (χ2v) is 3.44. The first kappa shape index (κ1) is 6.84. The lowest BCUT2D eigenvalue weighted by atomic mass is 10.5. The highest BCUT2D eigenvalue weighted by atomic mass is 32.2. The molecule has 0 spiro atoms. The molecule has 11 heavy (non-hydrogen) atoms. The van der Waals surface area contributed by atoms with Crippen molar-refractivity contribution < 1.29 is 0 Å². The van der Waals surface area contributed by atoms with Crippen LogP contribution < -0.4 is 5.56 Å². The van der Waals surface area contributed by atoms with Gasteiger partial charge in [0.15, 0.2) is 5.16 Å². The summed E-state index contributed by atoms with van der Waals surface area (Å²) in [4.78, 5) is 11.3. The third-order valence-electron chi connectivity index (χ3n) is 1.62. The van der Waals surface area contributed by atoms with Crippen LogP contribution in [-0.4, -0.2) is 20.5 Å². The Morgan fingerprint density at radius 3 is 3.18 bits per heavy atom. The minimum atomic E-state index is 0.000000000000000222. The molecule has 0 bridgehead atoms. The summed E-state index contributed by atoms with van der Waals surface area (Å²) in [5, 5.41) is 8.39. The zero-order valence-electron chi connectivity index (χ0n) is 6.07. The van der Waals surface area contributed by atoms with Crippen LogP contribution in [0.3, 0.4) is 0 Å². The molecule has 58 valence electrons. The number of thioether (sulfide) groups is 1. The molecular weight excluding hydrogens is 162 g/mol. The first-order chi connectivity index (χ1) is 5.29. The molecule has 2 heterocycles. The number of hydrogen-bond donors (Lipinski definition) is 0. The van der Waals surface area contributed by atoms with Gasteiger partial charge >= 0.3 is 0 Å². The summed E-state index contributed by atoms with van der Waals surface area (Å²) in [6, 6.07) is 0. The highest BCUT2D eigenvalue weighted by molar-refractivity contribution is 7.99. The van der Waals surface area contributed by atoms with E-state index in [2.05, 4.69) is 10.2 Å². The molecule has 1 aliphatic rings. The monoisotopic (exact) mass is 169 g/mol. The Labute approximate surface area is 67.6 Å². The van der Waals surface area contributed by atoms with Crippen molar-refractivity contribution in [1.29, 1.82) is 0 Å². The van der Waals surface area contributed by atoms with Gasteiger partial charge in [-0.05, 0) is 6.92 Å². The van der Waals surface area contributed by atoms with Gasteiger partial charge in [-0.1, -0.05) is 11.8 Å². The van der Waals surface area contributed by atoms with Gasteiger partial charge in [0.2, 0.25) is 0 Å². The third kappa shape index (κ3) is 0.956. The number of nitrogens with zero attached hydrogens (tertiary/aromatic N) is 3. The second-order valence-electron chi connectivity index (χ2n) is 2.37.